The van der Waals surface area contributed by atoms with Gasteiger partial charge in [0.2, 0.25) is 0 Å². The number of nitrogens with one attached hydrogen (secondary N) is 3. The van der Waals surface area contributed by atoms with Gasteiger partial charge in [-0.2, -0.15) is 0 Å². The van der Waals surface area contributed by atoms with Crippen LogP contribution in [0.2, 0.25) is 0 Å². The average Bonchev–Trinajstić information content (AvgIpc) is 3.27. The molecule has 0 aliphatic heterocycles. The predicted molar refractivity (Wildman–Crippen MR) is 117 cm³/mol. The number of benzene rings is 1. The van der Waals surface area contributed by atoms with Gasteiger partial charge in [0, 0.05) is 30.2 Å². The third-order valence-electron chi connectivity index (χ3n) is 4.00. The molecule has 0 bridgehead atoms. The van der Waals surface area contributed by atoms with Crippen LogP contribution in [-0.2, 0) is 13.0 Å². The highest BCUT2D eigenvalue weighted by Crippen LogP contribution is 2.17. The van der Waals surface area contributed by atoms with Crippen molar-refractivity contribution in [3.05, 3.63) is 59.7 Å². The van der Waals surface area contributed by atoms with Gasteiger partial charge in [-0.15, -0.1) is 24.0 Å². The summed E-state index contributed by atoms with van der Waals surface area (Å²) in [6, 6.07) is 11.5. The molecule has 8 heteroatoms. The number of amides is 1. The molecule has 5 N–H and O–H groups in total. The normalized spacial score (nSPS) is 11.2. The van der Waals surface area contributed by atoms with Gasteiger partial charge in [0.15, 0.2) is 11.7 Å². The van der Waals surface area contributed by atoms with Crippen molar-refractivity contribution < 1.29 is 9.21 Å². The van der Waals surface area contributed by atoms with E-state index in [0.29, 0.717) is 18.3 Å². The molecule has 2 heterocycles. The quantitative estimate of drug-likeness (QED) is 0.237. The molecule has 0 fully saturated rings. The van der Waals surface area contributed by atoms with Gasteiger partial charge in [-0.05, 0) is 37.1 Å². The lowest BCUT2D eigenvalue weighted by molar-refractivity contribution is 0.0972. The Morgan fingerprint density at radius 1 is 1.22 bits per heavy atom. The zero-order chi connectivity index (χ0) is 18.4. The number of para-hydroxylation sites is 1. The third kappa shape index (κ3) is 5.49. The number of carbonyl (C=O) groups is 1. The van der Waals surface area contributed by atoms with Crippen LogP contribution in [0.5, 0.6) is 0 Å². The number of guanidine groups is 1. The number of hydrogen-bond donors (Lipinski definition) is 4. The van der Waals surface area contributed by atoms with Crippen LogP contribution >= 0.6 is 24.0 Å². The zero-order valence-corrected chi connectivity index (χ0v) is 17.4. The van der Waals surface area contributed by atoms with Crippen LogP contribution < -0.4 is 16.4 Å². The van der Waals surface area contributed by atoms with Crippen molar-refractivity contribution in [3.8, 4) is 0 Å². The van der Waals surface area contributed by atoms with Crippen molar-refractivity contribution in [1.82, 2.24) is 15.6 Å². The summed E-state index contributed by atoms with van der Waals surface area (Å²) in [6.45, 7) is 3.84. The highest BCUT2D eigenvalue weighted by atomic mass is 127. The van der Waals surface area contributed by atoms with Crippen LogP contribution in [0.25, 0.3) is 10.9 Å². The Morgan fingerprint density at radius 3 is 2.78 bits per heavy atom. The Balaban J connectivity index is 0.00000261. The summed E-state index contributed by atoms with van der Waals surface area (Å²) in [5.74, 6) is 0.855. The van der Waals surface area contributed by atoms with Crippen molar-refractivity contribution in [3.63, 3.8) is 0 Å². The molecule has 3 rings (SSSR count). The second-order valence-electron chi connectivity index (χ2n) is 5.86. The maximum Gasteiger partial charge on any atom is 0.284 e. The Labute approximate surface area is 174 Å². The van der Waals surface area contributed by atoms with Gasteiger partial charge >= 0.3 is 0 Å². The third-order valence-corrected chi connectivity index (χ3v) is 4.00. The van der Waals surface area contributed by atoms with Crippen LogP contribution in [0, 0.1) is 0 Å². The van der Waals surface area contributed by atoms with Gasteiger partial charge < -0.3 is 25.8 Å². The molecule has 2 aromatic heterocycles. The number of nitrogens with two attached hydrogens (primary N) is 1. The summed E-state index contributed by atoms with van der Waals surface area (Å²) < 4.78 is 5.34. The minimum atomic E-state index is -0.580. The van der Waals surface area contributed by atoms with Crippen molar-refractivity contribution in [2.45, 2.75) is 19.9 Å². The number of aliphatic imine (C=N–C) groups is 1. The summed E-state index contributed by atoms with van der Waals surface area (Å²) in [5.41, 5.74) is 7.60. The van der Waals surface area contributed by atoms with E-state index < -0.39 is 5.91 Å². The summed E-state index contributed by atoms with van der Waals surface area (Å²) in [4.78, 5) is 18.8. The number of hydrogen-bond acceptors (Lipinski definition) is 3. The molecule has 27 heavy (non-hydrogen) atoms. The first-order valence-electron chi connectivity index (χ1n) is 8.63. The number of aromatic amines is 1. The Bertz CT molecular complexity index is 916. The molecule has 1 aromatic carbocycles. The van der Waals surface area contributed by atoms with E-state index in [9.17, 15) is 4.79 Å². The first-order chi connectivity index (χ1) is 12.7. The maximum absolute atomic E-state index is 11.1. The molecule has 0 aliphatic carbocycles. The Kier molecular flexibility index (Phi) is 7.71. The zero-order valence-electron chi connectivity index (χ0n) is 15.1. The standard InChI is InChI=1S/C19H23N5O2.HI/c1-2-21-19(24-12-14-7-8-17(26-14)18(20)25)22-10-9-13-11-23-16-6-4-3-5-15(13)16;/h3-8,11,23H,2,9-10,12H2,1H3,(H2,20,25)(H2,21,22,24);1H. The second kappa shape index (κ2) is 10.0. The lowest BCUT2D eigenvalue weighted by Crippen LogP contribution is -2.38. The fourth-order valence-electron chi connectivity index (χ4n) is 2.75. The SMILES string of the molecule is CCNC(=NCc1ccc(C(N)=O)o1)NCCc1c[nH]c2ccccc12.I. The number of carbonyl (C=O) groups excluding carboxylic acids is 1. The van der Waals surface area contributed by atoms with E-state index in [-0.39, 0.29) is 29.7 Å². The molecular weight excluding hydrogens is 457 g/mol. The summed E-state index contributed by atoms with van der Waals surface area (Å²) >= 11 is 0. The number of primary amides is 1. The summed E-state index contributed by atoms with van der Waals surface area (Å²) in [5, 5.41) is 7.75. The Morgan fingerprint density at radius 2 is 2.04 bits per heavy atom. The molecule has 3 aromatic rings. The molecule has 1 amide bonds. The lowest BCUT2D eigenvalue weighted by atomic mass is 10.1. The van der Waals surface area contributed by atoms with Crippen molar-refractivity contribution in [2.75, 3.05) is 13.1 Å². The maximum atomic E-state index is 11.1. The van der Waals surface area contributed by atoms with E-state index in [4.69, 9.17) is 10.2 Å². The molecule has 0 atom stereocenters. The molecule has 0 saturated carbocycles. The van der Waals surface area contributed by atoms with E-state index in [2.05, 4.69) is 32.7 Å². The van der Waals surface area contributed by atoms with Gasteiger partial charge in [0.1, 0.15) is 12.3 Å². The molecule has 144 valence electrons. The number of H-pyrrole nitrogens is 1. The largest absolute Gasteiger partial charge is 0.454 e. The molecule has 7 nitrogen and oxygen atoms in total. The Hall–Kier alpha value is -2.49. The molecule has 0 radical (unpaired) electrons. The molecule has 0 unspecified atom stereocenters. The van der Waals surface area contributed by atoms with Crippen molar-refractivity contribution >= 4 is 46.7 Å². The van der Waals surface area contributed by atoms with Crippen molar-refractivity contribution in [2.24, 2.45) is 10.7 Å². The smallest absolute Gasteiger partial charge is 0.284 e. The van der Waals surface area contributed by atoms with Gasteiger partial charge in [0.05, 0.1) is 0 Å². The van der Waals surface area contributed by atoms with Crippen LogP contribution in [-0.4, -0.2) is 29.9 Å². The van der Waals surface area contributed by atoms with Crippen LogP contribution in [0.4, 0.5) is 0 Å². The summed E-state index contributed by atoms with van der Waals surface area (Å²) in [6.07, 6.45) is 2.92. The van der Waals surface area contributed by atoms with Gasteiger partial charge in [-0.1, -0.05) is 18.2 Å². The van der Waals surface area contributed by atoms with Crippen LogP contribution in [0.15, 0.2) is 52.0 Å². The van der Waals surface area contributed by atoms with E-state index in [1.807, 2.05) is 25.3 Å². The van der Waals surface area contributed by atoms with E-state index >= 15 is 0 Å². The van der Waals surface area contributed by atoms with Crippen LogP contribution in [0.1, 0.15) is 28.8 Å². The first kappa shape index (κ1) is 20.8. The minimum Gasteiger partial charge on any atom is -0.454 e. The van der Waals surface area contributed by atoms with Crippen LogP contribution in [0.3, 0.4) is 0 Å². The number of rotatable bonds is 7. The molecule has 0 saturated heterocycles. The predicted octanol–water partition coefficient (Wildman–Crippen LogP) is 2.78. The topological polar surface area (TPSA) is 108 Å². The fraction of sp³-hybridized carbons (Fsp3) is 0.263. The number of nitrogens with zero attached hydrogens (tertiary/aromatic N) is 1. The highest BCUT2D eigenvalue weighted by molar-refractivity contribution is 14.0. The van der Waals surface area contributed by atoms with Gasteiger partial charge in [-0.3, -0.25) is 4.79 Å². The van der Waals surface area contributed by atoms with E-state index in [1.165, 1.54) is 10.9 Å². The first-order valence-corrected chi connectivity index (χ1v) is 8.63. The molecule has 0 aliphatic rings. The number of halogens is 1. The summed E-state index contributed by atoms with van der Waals surface area (Å²) in [7, 11) is 0. The molecular formula is C19H24IN5O2. The number of fused-ring (bicyclic) bond motifs is 1. The fourth-order valence-corrected chi connectivity index (χ4v) is 2.75. The van der Waals surface area contributed by atoms with Crippen molar-refractivity contribution in [1.29, 1.82) is 0 Å². The molecule has 0 spiro atoms. The number of aromatic nitrogens is 1. The monoisotopic (exact) mass is 481 g/mol. The minimum absolute atomic E-state index is 0. The van der Waals surface area contributed by atoms with Gasteiger partial charge in [0.25, 0.3) is 5.91 Å². The lowest BCUT2D eigenvalue weighted by Gasteiger charge is -2.10. The van der Waals surface area contributed by atoms with E-state index in [0.717, 1.165) is 25.0 Å². The van der Waals surface area contributed by atoms with E-state index in [1.54, 1.807) is 12.1 Å². The average molecular weight is 481 g/mol. The van der Waals surface area contributed by atoms with Gasteiger partial charge in [-0.25, -0.2) is 4.99 Å². The second-order valence-corrected chi connectivity index (χ2v) is 5.86. The number of furan rings is 1. The highest BCUT2D eigenvalue weighted by Gasteiger charge is 2.07.